The van der Waals surface area contributed by atoms with Gasteiger partial charge in [-0.15, -0.1) is 5.10 Å². The second-order valence-corrected chi connectivity index (χ2v) is 4.95. The van der Waals surface area contributed by atoms with Gasteiger partial charge in [-0.05, 0) is 16.8 Å². The maximum absolute atomic E-state index is 11.3. The van der Waals surface area contributed by atoms with Crippen LogP contribution in [0.1, 0.15) is 32.5 Å². The minimum atomic E-state index is 0.160. The number of hydrogen-bond acceptors (Lipinski definition) is 5. The van der Waals surface area contributed by atoms with Crippen molar-refractivity contribution in [3.8, 4) is 0 Å². The van der Waals surface area contributed by atoms with Crippen molar-refractivity contribution in [2.45, 2.75) is 39.8 Å². The molecule has 0 atom stereocenters. The lowest BCUT2D eigenvalue weighted by Gasteiger charge is -2.33. The third-order valence-electron chi connectivity index (χ3n) is 3.51. The van der Waals surface area contributed by atoms with E-state index in [0.717, 1.165) is 57.9 Å². The highest BCUT2D eigenvalue weighted by atomic mass is 16.2. The van der Waals surface area contributed by atoms with Gasteiger partial charge in [0.05, 0.1) is 6.54 Å². The molecule has 0 unspecified atom stereocenters. The standard InChI is InChI=1S/C12H22N6O/c1-3-4-5-18-12(13-14-15-18)10-16-6-8-17(9-7-16)11(2)19/h3-10H2,1-2H3. The first-order chi connectivity index (χ1) is 9.20. The Morgan fingerprint density at radius 3 is 2.63 bits per heavy atom. The molecule has 1 aromatic rings. The van der Waals surface area contributed by atoms with E-state index in [9.17, 15) is 4.79 Å². The number of hydrogen-bond donors (Lipinski definition) is 0. The van der Waals surface area contributed by atoms with Gasteiger partial charge >= 0.3 is 0 Å². The zero-order chi connectivity index (χ0) is 13.7. The summed E-state index contributed by atoms with van der Waals surface area (Å²) in [6.45, 7) is 8.80. The molecule has 2 heterocycles. The number of tetrazole rings is 1. The molecule has 106 valence electrons. The lowest BCUT2D eigenvalue weighted by molar-refractivity contribution is -0.130. The van der Waals surface area contributed by atoms with Crippen LogP contribution in [0.3, 0.4) is 0 Å². The monoisotopic (exact) mass is 266 g/mol. The van der Waals surface area contributed by atoms with E-state index < -0.39 is 0 Å². The number of amides is 1. The predicted molar refractivity (Wildman–Crippen MR) is 70.3 cm³/mol. The van der Waals surface area contributed by atoms with Crippen molar-refractivity contribution in [3.05, 3.63) is 5.82 Å². The van der Waals surface area contributed by atoms with Gasteiger partial charge in [-0.3, -0.25) is 9.69 Å². The summed E-state index contributed by atoms with van der Waals surface area (Å²) in [5.41, 5.74) is 0. The van der Waals surface area contributed by atoms with Gasteiger partial charge < -0.3 is 4.90 Å². The maximum atomic E-state index is 11.3. The highest BCUT2D eigenvalue weighted by Crippen LogP contribution is 2.07. The van der Waals surface area contributed by atoms with Crippen LogP contribution in [-0.2, 0) is 17.9 Å². The van der Waals surface area contributed by atoms with Crippen LogP contribution in [-0.4, -0.2) is 62.1 Å². The van der Waals surface area contributed by atoms with Crippen LogP contribution in [0.4, 0.5) is 0 Å². The summed E-state index contributed by atoms with van der Waals surface area (Å²) < 4.78 is 1.89. The quantitative estimate of drug-likeness (QED) is 0.758. The normalized spacial score (nSPS) is 16.8. The van der Waals surface area contributed by atoms with Gasteiger partial charge in [-0.2, -0.15) is 0 Å². The Kier molecular flexibility index (Phi) is 4.84. The number of piperazine rings is 1. The summed E-state index contributed by atoms with van der Waals surface area (Å²) in [6, 6.07) is 0. The Labute approximate surface area is 113 Å². The molecule has 0 bridgehead atoms. The van der Waals surface area contributed by atoms with Gasteiger partial charge in [0.15, 0.2) is 5.82 Å². The number of rotatable bonds is 5. The van der Waals surface area contributed by atoms with E-state index in [0.29, 0.717) is 0 Å². The predicted octanol–water partition coefficient (Wildman–Crippen LogP) is 0.137. The van der Waals surface area contributed by atoms with Crippen molar-refractivity contribution >= 4 is 5.91 Å². The molecule has 1 aliphatic heterocycles. The summed E-state index contributed by atoms with van der Waals surface area (Å²) in [7, 11) is 0. The molecule has 0 aromatic carbocycles. The van der Waals surface area contributed by atoms with Crippen LogP contribution in [0, 0.1) is 0 Å². The molecule has 0 saturated carbocycles. The second kappa shape index (κ2) is 6.60. The summed E-state index contributed by atoms with van der Waals surface area (Å²) in [4.78, 5) is 15.5. The summed E-state index contributed by atoms with van der Waals surface area (Å²) in [5.74, 6) is 1.08. The number of carbonyl (C=O) groups is 1. The number of aryl methyl sites for hydroxylation is 1. The van der Waals surface area contributed by atoms with E-state index in [1.165, 1.54) is 0 Å². The zero-order valence-corrected chi connectivity index (χ0v) is 11.7. The third kappa shape index (κ3) is 3.73. The average Bonchev–Trinajstić information content (AvgIpc) is 2.84. The molecule has 7 nitrogen and oxygen atoms in total. The Hall–Kier alpha value is -1.50. The first-order valence-corrected chi connectivity index (χ1v) is 6.93. The van der Waals surface area contributed by atoms with Crippen LogP contribution >= 0.6 is 0 Å². The molecule has 19 heavy (non-hydrogen) atoms. The first kappa shape index (κ1) is 13.9. The molecule has 0 spiro atoms. The lowest BCUT2D eigenvalue weighted by atomic mass is 10.3. The van der Waals surface area contributed by atoms with E-state index in [1.807, 2.05) is 9.58 Å². The Bertz CT molecular complexity index is 410. The van der Waals surface area contributed by atoms with Crippen LogP contribution < -0.4 is 0 Å². The van der Waals surface area contributed by atoms with E-state index in [4.69, 9.17) is 0 Å². The Morgan fingerprint density at radius 1 is 1.26 bits per heavy atom. The van der Waals surface area contributed by atoms with Crippen LogP contribution in [0.15, 0.2) is 0 Å². The van der Waals surface area contributed by atoms with Gasteiger partial charge in [0.25, 0.3) is 0 Å². The van der Waals surface area contributed by atoms with Crippen molar-refractivity contribution < 1.29 is 4.79 Å². The molecule has 1 aromatic heterocycles. The number of aromatic nitrogens is 4. The number of unbranched alkanes of at least 4 members (excludes halogenated alkanes) is 1. The van der Waals surface area contributed by atoms with E-state index in [1.54, 1.807) is 6.92 Å². The highest BCUT2D eigenvalue weighted by molar-refractivity contribution is 5.73. The molecule has 7 heteroatoms. The van der Waals surface area contributed by atoms with Crippen molar-refractivity contribution in [2.75, 3.05) is 26.2 Å². The molecule has 1 fully saturated rings. The number of carbonyl (C=O) groups excluding carboxylic acids is 1. The fourth-order valence-corrected chi connectivity index (χ4v) is 2.24. The highest BCUT2D eigenvalue weighted by Gasteiger charge is 2.20. The molecular formula is C12H22N6O. The fourth-order valence-electron chi connectivity index (χ4n) is 2.24. The molecular weight excluding hydrogens is 244 g/mol. The molecule has 1 aliphatic rings. The minimum Gasteiger partial charge on any atom is -0.340 e. The topological polar surface area (TPSA) is 67.2 Å². The van der Waals surface area contributed by atoms with Crippen molar-refractivity contribution in [3.63, 3.8) is 0 Å². The van der Waals surface area contributed by atoms with E-state index in [-0.39, 0.29) is 5.91 Å². The summed E-state index contributed by atoms with van der Waals surface area (Å²) in [5, 5.41) is 11.9. The second-order valence-electron chi connectivity index (χ2n) is 4.95. The molecule has 0 radical (unpaired) electrons. The van der Waals surface area contributed by atoms with Crippen molar-refractivity contribution in [2.24, 2.45) is 0 Å². The van der Waals surface area contributed by atoms with E-state index in [2.05, 4.69) is 27.3 Å². The Morgan fingerprint density at radius 2 is 2.00 bits per heavy atom. The minimum absolute atomic E-state index is 0.160. The molecule has 1 amide bonds. The SMILES string of the molecule is CCCCn1nnnc1CN1CCN(C(C)=O)CC1. The summed E-state index contributed by atoms with van der Waals surface area (Å²) in [6.07, 6.45) is 2.23. The van der Waals surface area contributed by atoms with Gasteiger partial charge in [0.1, 0.15) is 0 Å². The van der Waals surface area contributed by atoms with Gasteiger partial charge in [-0.25, -0.2) is 4.68 Å². The van der Waals surface area contributed by atoms with Crippen LogP contribution in [0.5, 0.6) is 0 Å². The van der Waals surface area contributed by atoms with Crippen LogP contribution in [0.2, 0.25) is 0 Å². The average molecular weight is 266 g/mol. The lowest BCUT2D eigenvalue weighted by Crippen LogP contribution is -2.47. The number of nitrogens with zero attached hydrogens (tertiary/aromatic N) is 6. The summed E-state index contributed by atoms with van der Waals surface area (Å²) >= 11 is 0. The van der Waals surface area contributed by atoms with E-state index >= 15 is 0 Å². The molecule has 2 rings (SSSR count). The molecule has 0 N–H and O–H groups in total. The zero-order valence-electron chi connectivity index (χ0n) is 11.7. The largest absolute Gasteiger partial charge is 0.340 e. The van der Waals surface area contributed by atoms with Gasteiger partial charge in [0.2, 0.25) is 5.91 Å². The van der Waals surface area contributed by atoms with Crippen LogP contribution in [0.25, 0.3) is 0 Å². The van der Waals surface area contributed by atoms with Gasteiger partial charge in [-0.1, -0.05) is 13.3 Å². The van der Waals surface area contributed by atoms with Crippen molar-refractivity contribution in [1.29, 1.82) is 0 Å². The fraction of sp³-hybridized carbons (Fsp3) is 0.833. The maximum Gasteiger partial charge on any atom is 0.219 e. The molecule has 1 saturated heterocycles. The third-order valence-corrected chi connectivity index (χ3v) is 3.51. The smallest absolute Gasteiger partial charge is 0.219 e. The molecule has 0 aliphatic carbocycles. The van der Waals surface area contributed by atoms with Gasteiger partial charge in [0, 0.05) is 39.6 Å². The van der Waals surface area contributed by atoms with Crippen molar-refractivity contribution in [1.82, 2.24) is 30.0 Å². The first-order valence-electron chi connectivity index (χ1n) is 6.93. The Balaban J connectivity index is 1.85.